The van der Waals surface area contributed by atoms with Gasteiger partial charge < -0.3 is 14.8 Å². The lowest BCUT2D eigenvalue weighted by atomic mass is 10.0. The first-order valence-electron chi connectivity index (χ1n) is 6.03. The molecule has 5 heteroatoms. The predicted molar refractivity (Wildman–Crippen MR) is 69.6 cm³/mol. The highest BCUT2D eigenvalue weighted by atomic mass is 16.4. The number of carbonyl (C=O) groups is 2. The van der Waals surface area contributed by atoms with Crippen molar-refractivity contribution < 1.29 is 19.1 Å². The highest BCUT2D eigenvalue weighted by Crippen LogP contribution is 2.28. The van der Waals surface area contributed by atoms with E-state index in [0.717, 1.165) is 16.5 Å². The van der Waals surface area contributed by atoms with Crippen molar-refractivity contribution in [2.45, 2.75) is 25.8 Å². The first-order chi connectivity index (χ1) is 9.08. The van der Waals surface area contributed by atoms with Crippen molar-refractivity contribution in [3.8, 4) is 0 Å². The number of amides is 1. The van der Waals surface area contributed by atoms with Gasteiger partial charge in [-0.25, -0.2) is 0 Å². The van der Waals surface area contributed by atoms with Gasteiger partial charge in [0, 0.05) is 24.3 Å². The molecule has 1 unspecified atom stereocenters. The molecule has 1 amide bonds. The van der Waals surface area contributed by atoms with Gasteiger partial charge in [0.1, 0.15) is 5.58 Å². The minimum atomic E-state index is -0.886. The molecule has 100 valence electrons. The van der Waals surface area contributed by atoms with Crippen LogP contribution in [-0.4, -0.2) is 17.0 Å². The number of hydrogen-bond acceptors (Lipinski definition) is 3. The summed E-state index contributed by atoms with van der Waals surface area (Å²) in [5.74, 6) is -1.08. The molecule has 0 saturated carbocycles. The Morgan fingerprint density at radius 3 is 2.79 bits per heavy atom. The number of para-hydroxylation sites is 1. The molecule has 2 aromatic rings. The zero-order valence-corrected chi connectivity index (χ0v) is 10.6. The Bertz CT molecular complexity index is 602. The highest BCUT2D eigenvalue weighted by Gasteiger charge is 2.18. The Balaban J connectivity index is 2.30. The Morgan fingerprint density at radius 2 is 2.11 bits per heavy atom. The van der Waals surface area contributed by atoms with E-state index in [2.05, 4.69) is 5.32 Å². The van der Waals surface area contributed by atoms with E-state index in [4.69, 9.17) is 9.52 Å². The number of furan rings is 1. The summed E-state index contributed by atoms with van der Waals surface area (Å²) in [6, 6.07) is 7.12. The van der Waals surface area contributed by atoms with Crippen LogP contribution in [0.1, 0.15) is 31.4 Å². The van der Waals surface area contributed by atoms with Gasteiger partial charge in [0.05, 0.1) is 12.3 Å². The molecule has 0 fully saturated rings. The van der Waals surface area contributed by atoms with Gasteiger partial charge in [-0.1, -0.05) is 18.2 Å². The third-order valence-corrected chi connectivity index (χ3v) is 2.91. The zero-order valence-electron chi connectivity index (χ0n) is 10.6. The van der Waals surface area contributed by atoms with Crippen molar-refractivity contribution in [3.63, 3.8) is 0 Å². The van der Waals surface area contributed by atoms with Crippen LogP contribution < -0.4 is 5.32 Å². The topological polar surface area (TPSA) is 79.5 Å². The van der Waals surface area contributed by atoms with Gasteiger partial charge in [-0.05, 0) is 12.5 Å². The van der Waals surface area contributed by atoms with Crippen molar-refractivity contribution in [1.29, 1.82) is 0 Å². The molecule has 2 N–H and O–H groups in total. The molecule has 0 spiro atoms. The summed E-state index contributed by atoms with van der Waals surface area (Å²) < 4.78 is 5.42. The maximum atomic E-state index is 11.2. The summed E-state index contributed by atoms with van der Waals surface area (Å²) in [4.78, 5) is 21.9. The third kappa shape index (κ3) is 3.13. The number of nitrogens with one attached hydrogen (secondary N) is 1. The molecular weight excluding hydrogens is 246 g/mol. The Hall–Kier alpha value is -2.30. The van der Waals surface area contributed by atoms with E-state index in [1.807, 2.05) is 24.3 Å². The number of aliphatic carboxylic acids is 1. The van der Waals surface area contributed by atoms with Gasteiger partial charge in [0.15, 0.2) is 0 Å². The molecule has 1 aromatic heterocycles. The highest BCUT2D eigenvalue weighted by molar-refractivity contribution is 5.82. The summed E-state index contributed by atoms with van der Waals surface area (Å²) in [5, 5.41) is 12.4. The summed E-state index contributed by atoms with van der Waals surface area (Å²) in [6.07, 6.45) is 1.90. The molecule has 0 aliphatic carbocycles. The van der Waals surface area contributed by atoms with Gasteiger partial charge in [-0.3, -0.25) is 9.59 Å². The number of fused-ring (bicyclic) bond motifs is 1. The Labute approximate surface area is 110 Å². The Morgan fingerprint density at radius 1 is 1.37 bits per heavy atom. The van der Waals surface area contributed by atoms with Crippen molar-refractivity contribution >= 4 is 22.8 Å². The number of rotatable bonds is 5. The lowest BCUT2D eigenvalue weighted by Crippen LogP contribution is -2.26. The monoisotopic (exact) mass is 261 g/mol. The largest absolute Gasteiger partial charge is 0.481 e. The number of carboxylic acid groups (broad SMARTS) is 1. The zero-order chi connectivity index (χ0) is 13.8. The molecule has 0 bridgehead atoms. The number of hydrogen-bond donors (Lipinski definition) is 2. The number of benzene rings is 1. The molecule has 1 aromatic carbocycles. The molecule has 2 rings (SSSR count). The van der Waals surface area contributed by atoms with Gasteiger partial charge in [-0.15, -0.1) is 0 Å². The molecule has 0 radical (unpaired) electrons. The average Bonchev–Trinajstić information content (AvgIpc) is 2.77. The SMILES string of the molecule is CC(=O)NC(CCC(=O)O)c1coc2ccccc12. The minimum absolute atomic E-state index is 0.00947. The minimum Gasteiger partial charge on any atom is -0.481 e. The predicted octanol–water partition coefficient (Wildman–Crippen LogP) is 2.47. The second-order valence-corrected chi connectivity index (χ2v) is 4.37. The van der Waals surface area contributed by atoms with Crippen LogP contribution >= 0.6 is 0 Å². The van der Waals surface area contributed by atoms with E-state index < -0.39 is 5.97 Å². The lowest BCUT2D eigenvalue weighted by molar-refractivity contribution is -0.137. The van der Waals surface area contributed by atoms with E-state index in [1.54, 1.807) is 6.26 Å². The summed E-state index contributed by atoms with van der Waals surface area (Å²) in [7, 11) is 0. The maximum absolute atomic E-state index is 11.2. The van der Waals surface area contributed by atoms with Crippen LogP contribution in [0.4, 0.5) is 0 Å². The molecule has 0 saturated heterocycles. The smallest absolute Gasteiger partial charge is 0.303 e. The number of carbonyl (C=O) groups excluding carboxylic acids is 1. The van der Waals surface area contributed by atoms with Crippen LogP contribution in [0.3, 0.4) is 0 Å². The van der Waals surface area contributed by atoms with E-state index in [0.29, 0.717) is 6.42 Å². The first-order valence-corrected chi connectivity index (χ1v) is 6.03. The fourth-order valence-electron chi connectivity index (χ4n) is 2.09. The second-order valence-electron chi connectivity index (χ2n) is 4.37. The quantitative estimate of drug-likeness (QED) is 0.866. The average molecular weight is 261 g/mol. The Kier molecular flexibility index (Phi) is 3.85. The molecule has 1 atom stereocenters. The van der Waals surface area contributed by atoms with Crippen molar-refractivity contribution in [2.75, 3.05) is 0 Å². The van der Waals surface area contributed by atoms with Gasteiger partial charge >= 0.3 is 5.97 Å². The normalized spacial score (nSPS) is 12.3. The molecule has 0 aliphatic heterocycles. The molecule has 19 heavy (non-hydrogen) atoms. The maximum Gasteiger partial charge on any atom is 0.303 e. The molecular formula is C14H15NO4. The molecule has 5 nitrogen and oxygen atoms in total. The first kappa shape index (κ1) is 13.1. The fourth-order valence-corrected chi connectivity index (χ4v) is 2.09. The van der Waals surface area contributed by atoms with Crippen LogP contribution in [-0.2, 0) is 9.59 Å². The van der Waals surface area contributed by atoms with E-state index in [-0.39, 0.29) is 18.4 Å². The van der Waals surface area contributed by atoms with Crippen LogP contribution in [0.25, 0.3) is 11.0 Å². The van der Waals surface area contributed by atoms with Crippen LogP contribution in [0.15, 0.2) is 34.9 Å². The van der Waals surface area contributed by atoms with Crippen LogP contribution in [0.5, 0.6) is 0 Å². The van der Waals surface area contributed by atoms with Gasteiger partial charge in [-0.2, -0.15) is 0 Å². The molecule has 1 heterocycles. The van der Waals surface area contributed by atoms with Crippen LogP contribution in [0.2, 0.25) is 0 Å². The second kappa shape index (κ2) is 5.56. The van der Waals surface area contributed by atoms with Gasteiger partial charge in [0.2, 0.25) is 5.91 Å². The summed E-state index contributed by atoms with van der Waals surface area (Å²) in [5.41, 5.74) is 1.54. The number of carboxylic acids is 1. The fraction of sp³-hybridized carbons (Fsp3) is 0.286. The van der Waals surface area contributed by atoms with Gasteiger partial charge in [0.25, 0.3) is 0 Å². The van der Waals surface area contributed by atoms with Crippen molar-refractivity contribution in [2.24, 2.45) is 0 Å². The van der Waals surface area contributed by atoms with Crippen molar-refractivity contribution in [1.82, 2.24) is 5.32 Å². The summed E-state index contributed by atoms with van der Waals surface area (Å²) in [6.45, 7) is 1.41. The van der Waals surface area contributed by atoms with E-state index in [9.17, 15) is 9.59 Å². The van der Waals surface area contributed by atoms with E-state index >= 15 is 0 Å². The lowest BCUT2D eigenvalue weighted by Gasteiger charge is -2.15. The third-order valence-electron chi connectivity index (χ3n) is 2.91. The van der Waals surface area contributed by atoms with E-state index in [1.165, 1.54) is 6.92 Å². The molecule has 0 aliphatic rings. The summed E-state index contributed by atoms with van der Waals surface area (Å²) >= 11 is 0. The van der Waals surface area contributed by atoms with Crippen LogP contribution in [0, 0.1) is 0 Å². The standard InChI is InChI=1S/C14H15NO4/c1-9(16)15-12(6-7-14(17)18)11-8-19-13-5-3-2-4-10(11)13/h2-5,8,12H,6-7H2,1H3,(H,15,16)(H,17,18). The van der Waals surface area contributed by atoms with Crippen molar-refractivity contribution in [3.05, 3.63) is 36.1 Å².